The minimum atomic E-state index is -0.883. The molecule has 2 aliphatic rings. The summed E-state index contributed by atoms with van der Waals surface area (Å²) >= 11 is 0. The highest BCUT2D eigenvalue weighted by atomic mass is 16.7. The topological polar surface area (TPSA) is 132 Å². The van der Waals surface area contributed by atoms with E-state index in [1.54, 1.807) is 30.6 Å². The maximum Gasteiger partial charge on any atom is 0.410 e. The number of ether oxygens (including phenoxy) is 3. The lowest BCUT2D eigenvalue weighted by atomic mass is 9.91. The number of piperidine rings is 2. The molecule has 3 amide bonds. The molecule has 0 saturated carbocycles. The van der Waals surface area contributed by atoms with Crippen molar-refractivity contribution >= 4 is 29.8 Å². The molecule has 0 spiro atoms. The van der Waals surface area contributed by atoms with E-state index in [0.717, 1.165) is 19.3 Å². The monoisotopic (exact) mass is 577 g/mol. The Bertz CT molecular complexity index is 983. The molecule has 11 nitrogen and oxygen atoms in total. The first-order chi connectivity index (χ1) is 19.1. The van der Waals surface area contributed by atoms with Crippen LogP contribution in [0.3, 0.4) is 0 Å². The summed E-state index contributed by atoms with van der Waals surface area (Å²) in [6, 6.07) is -0.883. The quantitative estimate of drug-likeness (QED) is 0.251. The predicted octanol–water partition coefficient (Wildman–Crippen LogP) is 3.25. The van der Waals surface area contributed by atoms with Crippen molar-refractivity contribution in [3.05, 3.63) is 0 Å². The van der Waals surface area contributed by atoms with Crippen molar-refractivity contribution in [1.29, 1.82) is 0 Å². The van der Waals surface area contributed by atoms with Crippen LogP contribution in [0.4, 0.5) is 4.79 Å². The molecule has 230 valence electrons. The molecule has 41 heavy (non-hydrogen) atoms. The van der Waals surface area contributed by atoms with E-state index >= 15 is 0 Å². The highest BCUT2D eigenvalue weighted by molar-refractivity contribution is 5.82. The number of hydrogen-bond acceptors (Lipinski definition) is 8. The van der Waals surface area contributed by atoms with Crippen molar-refractivity contribution < 1.29 is 38.2 Å². The van der Waals surface area contributed by atoms with Gasteiger partial charge in [-0.1, -0.05) is 5.92 Å². The molecule has 2 aliphatic heterocycles. The zero-order chi connectivity index (χ0) is 30.8. The lowest BCUT2D eigenvalue weighted by molar-refractivity contribution is -0.173. The Morgan fingerprint density at radius 3 is 2.20 bits per heavy atom. The molecular formula is C30H47N3O8. The Morgan fingerprint density at radius 1 is 0.951 bits per heavy atom. The summed E-state index contributed by atoms with van der Waals surface area (Å²) in [6.45, 7) is 12.2. The van der Waals surface area contributed by atoms with E-state index in [2.05, 4.69) is 11.2 Å². The standard InChI is InChI=1S/C30H47N3O8/c1-8-23(18-25(35)39-20-40-27(37)29(2,3)4)31-26(36)22-10-9-15-33(19-22)24(34)12-11-21-13-16-32(17-14-21)28(38)41-30(5,6)7/h1,21-23H,9-20H2,2-7H3,(H,31,36)/t22-,23-/m1/s1. The first-order valence-electron chi connectivity index (χ1n) is 14.4. The minimum absolute atomic E-state index is 0.0129. The first-order valence-corrected chi connectivity index (χ1v) is 14.4. The van der Waals surface area contributed by atoms with Crippen LogP contribution in [0.2, 0.25) is 0 Å². The molecule has 0 aliphatic carbocycles. The third kappa shape index (κ3) is 12.0. The predicted molar refractivity (Wildman–Crippen MR) is 151 cm³/mol. The molecule has 0 unspecified atom stereocenters. The van der Waals surface area contributed by atoms with E-state index < -0.39 is 41.7 Å². The summed E-state index contributed by atoms with van der Waals surface area (Å²) in [4.78, 5) is 65.5. The van der Waals surface area contributed by atoms with E-state index in [-0.39, 0.29) is 24.3 Å². The second-order valence-corrected chi connectivity index (χ2v) is 12.9. The fourth-order valence-electron chi connectivity index (χ4n) is 4.67. The van der Waals surface area contributed by atoms with Crippen molar-refractivity contribution in [2.45, 2.75) is 98.1 Å². The highest BCUT2D eigenvalue weighted by Gasteiger charge is 2.31. The molecule has 0 bridgehead atoms. The second kappa shape index (κ2) is 15.1. The smallest absolute Gasteiger partial charge is 0.410 e. The average Bonchev–Trinajstić information content (AvgIpc) is 2.90. The zero-order valence-corrected chi connectivity index (χ0v) is 25.5. The maximum atomic E-state index is 13.0. The third-order valence-electron chi connectivity index (χ3n) is 7.09. The number of nitrogens with one attached hydrogen (secondary N) is 1. The SMILES string of the molecule is C#C[C@H](CC(=O)OCOC(=O)C(C)(C)C)NC(=O)[C@@H]1CCCN(C(=O)CCC2CCN(C(=O)OC(C)(C)C)CC2)C1. The lowest BCUT2D eigenvalue weighted by Crippen LogP contribution is -2.48. The van der Waals surface area contributed by atoms with Gasteiger partial charge < -0.3 is 29.3 Å². The van der Waals surface area contributed by atoms with Gasteiger partial charge in [-0.05, 0) is 79.6 Å². The van der Waals surface area contributed by atoms with Crippen LogP contribution < -0.4 is 5.32 Å². The van der Waals surface area contributed by atoms with Gasteiger partial charge in [0.1, 0.15) is 11.6 Å². The van der Waals surface area contributed by atoms with Crippen LogP contribution in [0, 0.1) is 29.6 Å². The van der Waals surface area contributed by atoms with Crippen molar-refractivity contribution in [2.75, 3.05) is 33.0 Å². The third-order valence-corrected chi connectivity index (χ3v) is 7.09. The fraction of sp³-hybridized carbons (Fsp3) is 0.767. The van der Waals surface area contributed by atoms with Gasteiger partial charge in [0.05, 0.1) is 17.8 Å². The Morgan fingerprint density at radius 2 is 1.61 bits per heavy atom. The highest BCUT2D eigenvalue weighted by Crippen LogP contribution is 2.25. The number of carbonyl (C=O) groups is 5. The molecule has 11 heteroatoms. The van der Waals surface area contributed by atoms with E-state index in [1.807, 2.05) is 20.8 Å². The van der Waals surface area contributed by atoms with Crippen LogP contribution >= 0.6 is 0 Å². The summed E-state index contributed by atoms with van der Waals surface area (Å²) in [5, 5.41) is 2.70. The maximum absolute atomic E-state index is 13.0. The summed E-state index contributed by atoms with van der Waals surface area (Å²) in [5.41, 5.74) is -1.25. The normalized spacial score (nSPS) is 19.0. The number of terminal acetylenes is 1. The van der Waals surface area contributed by atoms with Crippen molar-refractivity contribution in [1.82, 2.24) is 15.1 Å². The van der Waals surface area contributed by atoms with Crippen molar-refractivity contribution in [3.8, 4) is 12.3 Å². The van der Waals surface area contributed by atoms with Gasteiger partial charge in [0.15, 0.2) is 0 Å². The molecular weight excluding hydrogens is 530 g/mol. The Balaban J connectivity index is 1.73. The van der Waals surface area contributed by atoms with Crippen LogP contribution in [0.5, 0.6) is 0 Å². The number of carbonyl (C=O) groups excluding carboxylic acids is 5. The number of likely N-dealkylation sites (tertiary alicyclic amines) is 2. The average molecular weight is 578 g/mol. The van der Waals surface area contributed by atoms with Gasteiger partial charge in [-0.2, -0.15) is 0 Å². The van der Waals surface area contributed by atoms with Gasteiger partial charge in [-0.15, -0.1) is 6.42 Å². The molecule has 0 aromatic heterocycles. The van der Waals surface area contributed by atoms with Gasteiger partial charge in [0.2, 0.25) is 18.6 Å². The van der Waals surface area contributed by atoms with Crippen LogP contribution in [-0.2, 0) is 33.4 Å². The molecule has 2 saturated heterocycles. The zero-order valence-electron chi connectivity index (χ0n) is 25.5. The molecule has 2 atom stereocenters. The molecule has 2 heterocycles. The van der Waals surface area contributed by atoms with Crippen molar-refractivity contribution in [3.63, 3.8) is 0 Å². The van der Waals surface area contributed by atoms with Crippen molar-refractivity contribution in [2.24, 2.45) is 17.3 Å². The molecule has 2 fully saturated rings. The van der Waals surface area contributed by atoms with Crippen LogP contribution in [-0.4, -0.2) is 84.3 Å². The summed E-state index contributed by atoms with van der Waals surface area (Å²) in [6.07, 6.45) is 9.05. The molecule has 0 aromatic rings. The van der Waals surface area contributed by atoms with Gasteiger partial charge in [0.25, 0.3) is 0 Å². The molecule has 1 N–H and O–H groups in total. The number of rotatable bonds is 9. The minimum Gasteiger partial charge on any atom is -0.444 e. The Labute approximate surface area is 244 Å². The first kappa shape index (κ1) is 33.9. The second-order valence-electron chi connectivity index (χ2n) is 12.9. The van der Waals surface area contributed by atoms with Gasteiger partial charge in [-0.25, -0.2) is 4.79 Å². The number of hydrogen-bond donors (Lipinski definition) is 1. The fourth-order valence-corrected chi connectivity index (χ4v) is 4.67. The number of amides is 3. The molecule has 2 rings (SSSR count). The molecule has 0 radical (unpaired) electrons. The van der Waals surface area contributed by atoms with Gasteiger partial charge >= 0.3 is 18.0 Å². The number of nitrogens with zero attached hydrogens (tertiary/aromatic N) is 2. The van der Waals surface area contributed by atoms with Crippen LogP contribution in [0.1, 0.15) is 86.5 Å². The summed E-state index contributed by atoms with van der Waals surface area (Å²) in [7, 11) is 0. The lowest BCUT2D eigenvalue weighted by Gasteiger charge is -2.34. The molecule has 0 aromatic carbocycles. The van der Waals surface area contributed by atoms with E-state index in [0.29, 0.717) is 51.4 Å². The van der Waals surface area contributed by atoms with Gasteiger partial charge in [-0.3, -0.25) is 19.2 Å². The van der Waals surface area contributed by atoms with Crippen LogP contribution in [0.25, 0.3) is 0 Å². The van der Waals surface area contributed by atoms with E-state index in [4.69, 9.17) is 20.6 Å². The summed E-state index contributed by atoms with van der Waals surface area (Å²) in [5.74, 6) is 0.805. The largest absolute Gasteiger partial charge is 0.444 e. The van der Waals surface area contributed by atoms with E-state index in [1.165, 1.54) is 0 Å². The number of esters is 2. The summed E-state index contributed by atoms with van der Waals surface area (Å²) < 4.78 is 15.3. The Hall–Kier alpha value is -3.29. The Kier molecular flexibility index (Phi) is 12.5. The van der Waals surface area contributed by atoms with E-state index in [9.17, 15) is 24.0 Å². The van der Waals surface area contributed by atoms with Crippen LogP contribution in [0.15, 0.2) is 0 Å². The van der Waals surface area contributed by atoms with Gasteiger partial charge in [0, 0.05) is 32.6 Å².